The third kappa shape index (κ3) is 4.87. The predicted octanol–water partition coefficient (Wildman–Crippen LogP) is 4.54. The van der Waals surface area contributed by atoms with Crippen molar-refractivity contribution in [1.82, 2.24) is 0 Å². The van der Waals surface area contributed by atoms with Gasteiger partial charge in [0.15, 0.2) is 5.78 Å². The quantitative estimate of drug-likeness (QED) is 0.755. The van der Waals surface area contributed by atoms with E-state index in [1.54, 1.807) is 6.26 Å². The molecule has 0 aliphatic rings. The molecule has 0 fully saturated rings. The second kappa shape index (κ2) is 7.22. The van der Waals surface area contributed by atoms with Crippen LogP contribution in [0.3, 0.4) is 0 Å². The van der Waals surface area contributed by atoms with Gasteiger partial charge >= 0.3 is 0 Å². The van der Waals surface area contributed by atoms with Gasteiger partial charge in [-0.05, 0) is 35.1 Å². The number of hydrogen-bond acceptors (Lipinski definition) is 2. The van der Waals surface area contributed by atoms with Crippen molar-refractivity contribution in [3.63, 3.8) is 0 Å². The third-order valence-corrected chi connectivity index (χ3v) is 4.90. The van der Waals surface area contributed by atoms with Crippen molar-refractivity contribution in [3.05, 3.63) is 65.2 Å². The summed E-state index contributed by atoms with van der Waals surface area (Å²) in [6, 6.07) is 15.6. The third-order valence-electron chi connectivity index (χ3n) is 3.97. The summed E-state index contributed by atoms with van der Waals surface area (Å²) >= 11 is 0. The molecule has 1 unspecified atom stereocenters. The Morgan fingerprint density at radius 1 is 0.957 bits per heavy atom. The molecule has 1 atom stereocenters. The molecule has 0 saturated heterocycles. The molecule has 0 amide bonds. The van der Waals surface area contributed by atoms with Crippen molar-refractivity contribution in [3.8, 4) is 0 Å². The number of ketones is 1. The Morgan fingerprint density at radius 2 is 1.52 bits per heavy atom. The summed E-state index contributed by atoms with van der Waals surface area (Å²) in [6.45, 7) is 6.49. The first-order valence-electron chi connectivity index (χ1n) is 7.83. The van der Waals surface area contributed by atoms with Crippen LogP contribution < -0.4 is 0 Å². The fourth-order valence-electron chi connectivity index (χ4n) is 2.41. The normalized spacial score (nSPS) is 12.9. The van der Waals surface area contributed by atoms with Crippen LogP contribution in [0.15, 0.2) is 53.4 Å². The van der Waals surface area contributed by atoms with Crippen molar-refractivity contribution in [2.45, 2.75) is 43.9 Å². The van der Waals surface area contributed by atoms with E-state index < -0.39 is 10.8 Å². The van der Waals surface area contributed by atoms with Crippen LogP contribution in [0.5, 0.6) is 0 Å². The SMILES string of the molecule is CS(=O)c1ccc(CCC(=O)c2ccc(C(C)(C)C)cc2)cc1. The molecular weight excluding hydrogens is 304 g/mol. The van der Waals surface area contributed by atoms with E-state index >= 15 is 0 Å². The van der Waals surface area contributed by atoms with E-state index in [-0.39, 0.29) is 11.2 Å². The number of aryl methyl sites for hydroxylation is 1. The number of rotatable bonds is 5. The van der Waals surface area contributed by atoms with Crippen molar-refractivity contribution < 1.29 is 9.00 Å². The van der Waals surface area contributed by atoms with E-state index in [1.807, 2.05) is 48.5 Å². The van der Waals surface area contributed by atoms with Gasteiger partial charge in [-0.2, -0.15) is 0 Å². The monoisotopic (exact) mass is 328 g/mol. The molecule has 2 nitrogen and oxygen atoms in total. The summed E-state index contributed by atoms with van der Waals surface area (Å²) in [7, 11) is -0.956. The summed E-state index contributed by atoms with van der Waals surface area (Å²) in [5.41, 5.74) is 3.20. The number of benzene rings is 2. The van der Waals surface area contributed by atoms with E-state index in [4.69, 9.17) is 0 Å². The first kappa shape index (κ1) is 17.6. The van der Waals surface area contributed by atoms with E-state index in [0.717, 1.165) is 16.0 Å². The van der Waals surface area contributed by atoms with Crippen molar-refractivity contribution >= 4 is 16.6 Å². The predicted molar refractivity (Wildman–Crippen MR) is 96.6 cm³/mol. The minimum atomic E-state index is -0.956. The molecule has 23 heavy (non-hydrogen) atoms. The van der Waals surface area contributed by atoms with Gasteiger partial charge in [0.05, 0.1) is 0 Å². The van der Waals surface area contributed by atoms with Crippen LogP contribution in [0, 0.1) is 0 Å². The van der Waals surface area contributed by atoms with Gasteiger partial charge in [0, 0.05) is 33.9 Å². The second-order valence-corrected chi connectivity index (χ2v) is 8.23. The molecule has 0 heterocycles. The fourth-order valence-corrected chi connectivity index (χ4v) is 2.93. The van der Waals surface area contributed by atoms with Gasteiger partial charge in [-0.1, -0.05) is 57.2 Å². The van der Waals surface area contributed by atoms with Crippen LogP contribution in [0.4, 0.5) is 0 Å². The van der Waals surface area contributed by atoms with Crippen LogP contribution in [-0.4, -0.2) is 16.2 Å². The molecule has 0 aliphatic heterocycles. The Morgan fingerprint density at radius 3 is 2.00 bits per heavy atom. The van der Waals surface area contributed by atoms with E-state index in [1.165, 1.54) is 5.56 Å². The standard InChI is InChI=1S/C20H24O2S/c1-20(2,3)17-10-8-16(9-11-17)19(21)14-7-15-5-12-18(13-6-15)23(4)22/h5-6,8-13H,7,14H2,1-4H3. The minimum Gasteiger partial charge on any atom is -0.294 e. The smallest absolute Gasteiger partial charge is 0.163 e. The highest BCUT2D eigenvalue weighted by atomic mass is 32.2. The minimum absolute atomic E-state index is 0.0999. The molecule has 2 aromatic rings. The molecule has 122 valence electrons. The molecule has 0 aromatic heterocycles. The van der Waals surface area contributed by atoms with Crippen LogP contribution in [0.2, 0.25) is 0 Å². The fraction of sp³-hybridized carbons (Fsp3) is 0.350. The van der Waals surface area contributed by atoms with Crippen molar-refractivity contribution in [1.29, 1.82) is 0 Å². The number of carbonyl (C=O) groups is 1. The molecule has 3 heteroatoms. The largest absolute Gasteiger partial charge is 0.294 e. The van der Waals surface area contributed by atoms with E-state index in [0.29, 0.717) is 12.8 Å². The van der Waals surface area contributed by atoms with Crippen molar-refractivity contribution in [2.75, 3.05) is 6.26 Å². The molecule has 0 aliphatic carbocycles. The average molecular weight is 328 g/mol. The lowest BCUT2D eigenvalue weighted by molar-refractivity contribution is 0.0983. The zero-order chi connectivity index (χ0) is 17.0. The van der Waals surface area contributed by atoms with Crippen molar-refractivity contribution in [2.24, 2.45) is 0 Å². The summed E-state index contributed by atoms with van der Waals surface area (Å²) in [6.07, 6.45) is 2.86. The topological polar surface area (TPSA) is 34.1 Å². The highest BCUT2D eigenvalue weighted by Crippen LogP contribution is 2.22. The van der Waals surface area contributed by atoms with Gasteiger partial charge < -0.3 is 0 Å². The Bertz CT molecular complexity index is 692. The lowest BCUT2D eigenvalue weighted by atomic mass is 9.86. The lowest BCUT2D eigenvalue weighted by Crippen LogP contribution is -2.11. The van der Waals surface area contributed by atoms with Gasteiger partial charge in [0.1, 0.15) is 0 Å². The summed E-state index contributed by atoms with van der Waals surface area (Å²) in [5, 5.41) is 0. The van der Waals surface area contributed by atoms with Crippen LogP contribution in [-0.2, 0) is 22.6 Å². The van der Waals surface area contributed by atoms with E-state index in [9.17, 15) is 9.00 Å². The molecule has 2 rings (SSSR count). The number of carbonyl (C=O) groups excluding carboxylic acids is 1. The summed E-state index contributed by atoms with van der Waals surface area (Å²) in [4.78, 5) is 13.1. The number of Topliss-reactive ketones (excluding diaryl/α,β-unsaturated/α-hetero) is 1. The van der Waals surface area contributed by atoms with E-state index in [2.05, 4.69) is 20.8 Å². The Kier molecular flexibility index (Phi) is 5.53. The molecule has 0 radical (unpaired) electrons. The van der Waals surface area contributed by atoms with Gasteiger partial charge in [-0.25, -0.2) is 0 Å². The first-order valence-corrected chi connectivity index (χ1v) is 9.39. The average Bonchev–Trinajstić information content (AvgIpc) is 2.52. The maximum Gasteiger partial charge on any atom is 0.163 e. The molecule has 0 spiro atoms. The Hall–Kier alpha value is -1.74. The highest BCUT2D eigenvalue weighted by molar-refractivity contribution is 7.84. The van der Waals surface area contributed by atoms with Crippen LogP contribution >= 0.6 is 0 Å². The number of hydrogen-bond donors (Lipinski definition) is 0. The Balaban J connectivity index is 1.98. The van der Waals surface area contributed by atoms with Gasteiger partial charge in [-0.3, -0.25) is 9.00 Å². The first-order chi connectivity index (χ1) is 10.8. The van der Waals surface area contributed by atoms with Gasteiger partial charge in [0.2, 0.25) is 0 Å². The summed E-state index contributed by atoms with van der Waals surface area (Å²) in [5.74, 6) is 0.161. The second-order valence-electron chi connectivity index (χ2n) is 6.85. The lowest BCUT2D eigenvalue weighted by Gasteiger charge is -2.19. The molecular formula is C20H24O2S. The molecule has 0 saturated carbocycles. The maximum absolute atomic E-state index is 12.3. The van der Waals surface area contributed by atoms with Gasteiger partial charge in [-0.15, -0.1) is 0 Å². The Labute approximate surface area is 141 Å². The zero-order valence-electron chi connectivity index (χ0n) is 14.3. The zero-order valence-corrected chi connectivity index (χ0v) is 15.1. The maximum atomic E-state index is 12.3. The molecule has 0 bridgehead atoms. The highest BCUT2D eigenvalue weighted by Gasteiger charge is 2.14. The van der Waals surface area contributed by atoms with Gasteiger partial charge in [0.25, 0.3) is 0 Å². The molecule has 2 aromatic carbocycles. The van der Waals surface area contributed by atoms with Crippen LogP contribution in [0.25, 0.3) is 0 Å². The summed E-state index contributed by atoms with van der Waals surface area (Å²) < 4.78 is 11.4. The van der Waals surface area contributed by atoms with Crippen LogP contribution in [0.1, 0.15) is 48.7 Å². The molecule has 0 N–H and O–H groups in total.